The molecule has 0 spiro atoms. The maximum atomic E-state index is 2.32. The van der Waals surface area contributed by atoms with Crippen LogP contribution in [0.5, 0.6) is 0 Å². The van der Waals surface area contributed by atoms with Gasteiger partial charge in [-0.3, -0.25) is 0 Å². The van der Waals surface area contributed by atoms with Gasteiger partial charge >= 0.3 is 0 Å². The van der Waals surface area contributed by atoms with Gasteiger partial charge in [0.25, 0.3) is 14.1 Å². The molecule has 0 heterocycles. The Bertz CT molecular complexity index is 77.3. The van der Waals surface area contributed by atoms with Crippen LogP contribution in [0.15, 0.2) is 0 Å². The van der Waals surface area contributed by atoms with Crippen LogP contribution in [-0.4, -0.2) is 19.6 Å². The molecular formula is C12H29AlO. The van der Waals surface area contributed by atoms with Gasteiger partial charge in [0.05, 0.1) is 0 Å². The second kappa shape index (κ2) is 13.5. The van der Waals surface area contributed by atoms with E-state index in [4.69, 9.17) is 0 Å². The Hall–Kier alpha value is 0.492. The first-order valence-corrected chi connectivity index (χ1v) is 8.80. The molecule has 0 aromatic carbocycles. The van der Waals surface area contributed by atoms with E-state index in [1.165, 1.54) is 38.5 Å². The van der Waals surface area contributed by atoms with Crippen LogP contribution >= 0.6 is 0 Å². The SMILES string of the molecule is CCC[CH2][Al]([CH2]CCC)[CH2]CCC.O. The van der Waals surface area contributed by atoms with Gasteiger partial charge in [0.2, 0.25) is 0 Å². The average Bonchev–Trinajstić information content (AvgIpc) is 2.17. The number of hydrogen-bond donors (Lipinski definition) is 0. The zero-order valence-electron chi connectivity index (χ0n) is 10.4. The van der Waals surface area contributed by atoms with Gasteiger partial charge in [0.1, 0.15) is 0 Å². The van der Waals surface area contributed by atoms with E-state index in [1.807, 2.05) is 0 Å². The van der Waals surface area contributed by atoms with Crippen molar-refractivity contribution in [3.8, 4) is 0 Å². The van der Waals surface area contributed by atoms with Gasteiger partial charge in [-0.25, -0.2) is 0 Å². The molecule has 0 amide bonds. The van der Waals surface area contributed by atoms with E-state index in [-0.39, 0.29) is 19.6 Å². The Morgan fingerprint density at radius 2 is 0.929 bits per heavy atom. The molecule has 0 saturated carbocycles. The van der Waals surface area contributed by atoms with Gasteiger partial charge in [0, 0.05) is 0 Å². The maximum Gasteiger partial charge on any atom is 0.261 e. The Balaban J connectivity index is 0. The van der Waals surface area contributed by atoms with E-state index in [2.05, 4.69) is 20.8 Å². The predicted molar refractivity (Wildman–Crippen MR) is 68.5 cm³/mol. The Labute approximate surface area is 95.0 Å². The quantitative estimate of drug-likeness (QED) is 0.521. The first kappa shape index (κ1) is 16.9. The standard InChI is InChI=1S/3C4H9.Al.H2O/c3*1-3-4-2;;/h3*1,3-4H2,2H3;;1H2. The van der Waals surface area contributed by atoms with Crippen molar-refractivity contribution in [1.82, 2.24) is 0 Å². The first-order valence-electron chi connectivity index (χ1n) is 6.35. The van der Waals surface area contributed by atoms with Crippen LogP contribution in [0.4, 0.5) is 0 Å². The van der Waals surface area contributed by atoms with Crippen molar-refractivity contribution in [3.05, 3.63) is 0 Å². The lowest BCUT2D eigenvalue weighted by Crippen LogP contribution is -2.11. The lowest BCUT2D eigenvalue weighted by Gasteiger charge is -2.09. The minimum Gasteiger partial charge on any atom is -0.412 e. The van der Waals surface area contributed by atoms with Crippen LogP contribution in [0.1, 0.15) is 59.3 Å². The van der Waals surface area contributed by atoms with Crippen molar-refractivity contribution in [2.24, 2.45) is 0 Å². The molecular weight excluding hydrogens is 187 g/mol. The van der Waals surface area contributed by atoms with Crippen molar-refractivity contribution >= 4 is 14.1 Å². The van der Waals surface area contributed by atoms with E-state index in [0.29, 0.717) is 0 Å². The second-order valence-electron chi connectivity index (χ2n) is 4.29. The van der Waals surface area contributed by atoms with Crippen LogP contribution in [0.25, 0.3) is 0 Å². The van der Waals surface area contributed by atoms with E-state index in [1.54, 1.807) is 15.8 Å². The molecule has 0 aromatic heterocycles. The summed E-state index contributed by atoms with van der Waals surface area (Å²) >= 11 is -0.287. The molecule has 0 bridgehead atoms. The maximum absolute atomic E-state index is 2.32. The molecule has 1 nitrogen and oxygen atoms in total. The Morgan fingerprint density at radius 1 is 0.643 bits per heavy atom. The molecule has 86 valence electrons. The van der Waals surface area contributed by atoms with Crippen molar-refractivity contribution in [3.63, 3.8) is 0 Å². The summed E-state index contributed by atoms with van der Waals surface area (Å²) in [6.45, 7) is 6.97. The lowest BCUT2D eigenvalue weighted by molar-refractivity contribution is 0.812. The van der Waals surface area contributed by atoms with Gasteiger partial charge in [0.15, 0.2) is 0 Å². The fraction of sp³-hybridized carbons (Fsp3) is 1.00. The fourth-order valence-corrected chi connectivity index (χ4v) is 5.73. The number of rotatable bonds is 9. The third-order valence-electron chi connectivity index (χ3n) is 2.90. The van der Waals surface area contributed by atoms with Gasteiger partial charge in [-0.2, -0.15) is 0 Å². The largest absolute Gasteiger partial charge is 0.412 e. The molecule has 0 aromatic rings. The number of hydrogen-bond acceptors (Lipinski definition) is 0. The van der Waals surface area contributed by atoms with Crippen LogP contribution in [0.2, 0.25) is 15.8 Å². The molecule has 0 aliphatic rings. The highest BCUT2D eigenvalue weighted by Crippen LogP contribution is 2.16. The zero-order valence-corrected chi connectivity index (χ0v) is 11.6. The molecule has 0 unspecified atom stereocenters. The monoisotopic (exact) mass is 216 g/mol. The first-order chi connectivity index (χ1) is 6.35. The summed E-state index contributed by atoms with van der Waals surface area (Å²) in [5.74, 6) is 0. The summed E-state index contributed by atoms with van der Waals surface area (Å²) in [5, 5.41) is 4.86. The van der Waals surface area contributed by atoms with E-state index in [0.717, 1.165) is 0 Å². The van der Waals surface area contributed by atoms with Crippen molar-refractivity contribution in [2.45, 2.75) is 75.1 Å². The van der Waals surface area contributed by atoms with E-state index >= 15 is 0 Å². The molecule has 2 heteroatoms. The molecule has 0 radical (unpaired) electrons. The molecule has 0 atom stereocenters. The highest BCUT2D eigenvalue weighted by atomic mass is 27.2. The van der Waals surface area contributed by atoms with E-state index < -0.39 is 0 Å². The molecule has 0 saturated heterocycles. The number of unbranched alkanes of at least 4 members (excludes halogenated alkanes) is 3. The summed E-state index contributed by atoms with van der Waals surface area (Å²) in [7, 11) is 0. The summed E-state index contributed by atoms with van der Waals surface area (Å²) < 4.78 is 0. The molecule has 0 rings (SSSR count). The minimum atomic E-state index is -0.287. The van der Waals surface area contributed by atoms with E-state index in [9.17, 15) is 0 Å². The van der Waals surface area contributed by atoms with Crippen molar-refractivity contribution in [1.29, 1.82) is 0 Å². The van der Waals surface area contributed by atoms with Gasteiger partial charge in [-0.15, -0.1) is 0 Å². The third-order valence-corrected chi connectivity index (χ3v) is 6.57. The Morgan fingerprint density at radius 3 is 1.14 bits per heavy atom. The van der Waals surface area contributed by atoms with Crippen LogP contribution in [0, 0.1) is 0 Å². The normalized spacial score (nSPS) is 9.64. The van der Waals surface area contributed by atoms with Crippen LogP contribution in [0.3, 0.4) is 0 Å². The molecule has 0 aliphatic carbocycles. The van der Waals surface area contributed by atoms with Gasteiger partial charge < -0.3 is 5.48 Å². The van der Waals surface area contributed by atoms with Crippen LogP contribution in [-0.2, 0) is 0 Å². The lowest BCUT2D eigenvalue weighted by atomic mass is 10.4. The predicted octanol–water partition coefficient (Wildman–Crippen LogP) is 4.06. The second-order valence-corrected chi connectivity index (χ2v) is 7.76. The molecule has 2 N–H and O–H groups in total. The highest BCUT2D eigenvalue weighted by Gasteiger charge is 2.14. The van der Waals surface area contributed by atoms with Crippen molar-refractivity contribution < 1.29 is 5.48 Å². The molecule has 0 fully saturated rings. The summed E-state index contributed by atoms with van der Waals surface area (Å²) in [6, 6.07) is 0. The van der Waals surface area contributed by atoms with Gasteiger partial charge in [-0.1, -0.05) is 75.1 Å². The highest BCUT2D eigenvalue weighted by molar-refractivity contribution is 6.58. The van der Waals surface area contributed by atoms with Crippen LogP contribution < -0.4 is 0 Å². The zero-order chi connectivity index (χ0) is 9.94. The van der Waals surface area contributed by atoms with Gasteiger partial charge in [-0.05, 0) is 0 Å². The Kier molecular flexibility index (Phi) is 16.3. The molecule has 0 aliphatic heterocycles. The minimum absolute atomic E-state index is 0. The topological polar surface area (TPSA) is 31.5 Å². The summed E-state index contributed by atoms with van der Waals surface area (Å²) in [5.41, 5.74) is 0. The summed E-state index contributed by atoms with van der Waals surface area (Å²) in [6.07, 6.45) is 8.73. The summed E-state index contributed by atoms with van der Waals surface area (Å²) in [4.78, 5) is 0. The third kappa shape index (κ3) is 10.6. The average molecular weight is 216 g/mol. The molecule has 14 heavy (non-hydrogen) atoms. The van der Waals surface area contributed by atoms with Crippen molar-refractivity contribution in [2.75, 3.05) is 0 Å². The fourth-order valence-electron chi connectivity index (χ4n) is 1.91. The smallest absolute Gasteiger partial charge is 0.261 e.